The van der Waals surface area contributed by atoms with Crippen LogP contribution in [0.5, 0.6) is 0 Å². The monoisotopic (exact) mass is 266 g/mol. The molecule has 0 unspecified atom stereocenters. The molecule has 0 spiro atoms. The standard InChI is InChI=1S/C13H22N4O2/c1-10-11(2)17(9-15-10)6-4-14-13(19)16-5-3-12(7-16)8-18/h9,12,18H,3-8H2,1-2H3,(H,14,19)/t12-/m1/s1. The first kappa shape index (κ1) is 13.9. The molecule has 2 amide bonds. The molecule has 0 aliphatic carbocycles. The number of aromatic nitrogens is 2. The van der Waals surface area contributed by atoms with Crippen LogP contribution in [0.2, 0.25) is 0 Å². The van der Waals surface area contributed by atoms with Crippen molar-refractivity contribution in [1.29, 1.82) is 0 Å². The van der Waals surface area contributed by atoms with E-state index in [1.54, 1.807) is 11.2 Å². The number of aryl methyl sites for hydroxylation is 1. The van der Waals surface area contributed by atoms with Crippen molar-refractivity contribution in [3.8, 4) is 0 Å². The minimum absolute atomic E-state index is 0.0366. The summed E-state index contributed by atoms with van der Waals surface area (Å²) in [6.07, 6.45) is 2.69. The summed E-state index contributed by atoms with van der Waals surface area (Å²) in [6, 6.07) is -0.0366. The molecule has 1 aliphatic heterocycles. The number of urea groups is 1. The fourth-order valence-corrected chi connectivity index (χ4v) is 2.33. The minimum atomic E-state index is -0.0366. The lowest BCUT2D eigenvalue weighted by molar-refractivity contribution is 0.198. The first-order valence-electron chi connectivity index (χ1n) is 6.73. The van der Waals surface area contributed by atoms with E-state index in [9.17, 15) is 4.79 Å². The van der Waals surface area contributed by atoms with Gasteiger partial charge in [0.15, 0.2) is 0 Å². The van der Waals surface area contributed by atoms with Crippen LogP contribution in [0, 0.1) is 19.8 Å². The van der Waals surface area contributed by atoms with E-state index in [4.69, 9.17) is 5.11 Å². The topological polar surface area (TPSA) is 70.4 Å². The largest absolute Gasteiger partial charge is 0.396 e. The van der Waals surface area contributed by atoms with Crippen LogP contribution in [0.15, 0.2) is 6.33 Å². The average Bonchev–Trinajstić information content (AvgIpc) is 3.00. The third-order valence-electron chi connectivity index (χ3n) is 3.81. The maximum Gasteiger partial charge on any atom is 0.317 e. The summed E-state index contributed by atoms with van der Waals surface area (Å²) >= 11 is 0. The van der Waals surface area contributed by atoms with Gasteiger partial charge >= 0.3 is 6.03 Å². The number of carbonyl (C=O) groups excluding carboxylic acids is 1. The Morgan fingerprint density at radius 3 is 2.95 bits per heavy atom. The number of likely N-dealkylation sites (tertiary alicyclic amines) is 1. The Morgan fingerprint density at radius 2 is 2.37 bits per heavy atom. The molecule has 0 saturated carbocycles. The molecule has 1 atom stereocenters. The molecule has 2 rings (SSSR count). The van der Waals surface area contributed by atoms with Crippen molar-refractivity contribution < 1.29 is 9.90 Å². The molecule has 2 heterocycles. The van der Waals surface area contributed by atoms with Crippen molar-refractivity contribution in [1.82, 2.24) is 19.8 Å². The Bertz CT molecular complexity index is 444. The van der Waals surface area contributed by atoms with Crippen LogP contribution < -0.4 is 5.32 Å². The van der Waals surface area contributed by atoms with Gasteiger partial charge in [0.1, 0.15) is 0 Å². The van der Waals surface area contributed by atoms with Crippen molar-refractivity contribution in [3.05, 3.63) is 17.7 Å². The van der Waals surface area contributed by atoms with E-state index in [2.05, 4.69) is 10.3 Å². The molecule has 1 aromatic heterocycles. The first-order valence-corrected chi connectivity index (χ1v) is 6.73. The second-order valence-electron chi connectivity index (χ2n) is 5.12. The highest BCUT2D eigenvalue weighted by Gasteiger charge is 2.25. The number of nitrogens with one attached hydrogen (secondary N) is 1. The molecule has 0 radical (unpaired) electrons. The lowest BCUT2D eigenvalue weighted by Gasteiger charge is -2.17. The summed E-state index contributed by atoms with van der Waals surface area (Å²) in [5.41, 5.74) is 2.16. The van der Waals surface area contributed by atoms with E-state index < -0.39 is 0 Å². The summed E-state index contributed by atoms with van der Waals surface area (Å²) in [6.45, 7) is 6.88. The maximum absolute atomic E-state index is 11.9. The van der Waals surface area contributed by atoms with Crippen LogP contribution in [0.4, 0.5) is 4.79 Å². The summed E-state index contributed by atoms with van der Waals surface area (Å²) in [5.74, 6) is 0.240. The van der Waals surface area contributed by atoms with Gasteiger partial charge in [-0.25, -0.2) is 9.78 Å². The third kappa shape index (κ3) is 3.26. The smallest absolute Gasteiger partial charge is 0.317 e. The lowest BCUT2D eigenvalue weighted by Crippen LogP contribution is -2.40. The summed E-state index contributed by atoms with van der Waals surface area (Å²) in [5, 5.41) is 12.0. The summed E-state index contributed by atoms with van der Waals surface area (Å²) < 4.78 is 2.04. The molecule has 2 N–H and O–H groups in total. The van der Waals surface area contributed by atoms with E-state index in [0.29, 0.717) is 13.1 Å². The number of aliphatic hydroxyl groups is 1. The van der Waals surface area contributed by atoms with Crippen molar-refractivity contribution in [2.24, 2.45) is 5.92 Å². The quantitative estimate of drug-likeness (QED) is 0.835. The summed E-state index contributed by atoms with van der Waals surface area (Å²) in [4.78, 5) is 17.9. The maximum atomic E-state index is 11.9. The van der Waals surface area contributed by atoms with Gasteiger partial charge in [-0.3, -0.25) is 0 Å². The van der Waals surface area contributed by atoms with Gasteiger partial charge in [0.2, 0.25) is 0 Å². The van der Waals surface area contributed by atoms with Crippen LogP contribution in [0.1, 0.15) is 17.8 Å². The zero-order valence-electron chi connectivity index (χ0n) is 11.6. The van der Waals surface area contributed by atoms with Crippen LogP contribution >= 0.6 is 0 Å². The highest BCUT2D eigenvalue weighted by molar-refractivity contribution is 5.74. The molecule has 0 aromatic carbocycles. The van der Waals surface area contributed by atoms with Gasteiger partial charge in [-0.1, -0.05) is 0 Å². The highest BCUT2D eigenvalue weighted by atomic mass is 16.3. The zero-order valence-corrected chi connectivity index (χ0v) is 11.6. The van der Waals surface area contributed by atoms with Gasteiger partial charge in [-0.15, -0.1) is 0 Å². The molecule has 106 valence electrons. The number of nitrogens with zero attached hydrogens (tertiary/aromatic N) is 3. The number of hydrogen-bond donors (Lipinski definition) is 2. The Labute approximate surface area is 113 Å². The van der Waals surface area contributed by atoms with E-state index >= 15 is 0 Å². The van der Waals surface area contributed by atoms with Crippen LogP contribution in [0.25, 0.3) is 0 Å². The predicted molar refractivity (Wildman–Crippen MR) is 71.9 cm³/mol. The first-order chi connectivity index (χ1) is 9.11. The zero-order chi connectivity index (χ0) is 13.8. The SMILES string of the molecule is Cc1ncn(CCNC(=O)N2CC[C@@H](CO)C2)c1C. The molecular weight excluding hydrogens is 244 g/mol. The van der Waals surface area contributed by atoms with Crippen molar-refractivity contribution >= 4 is 6.03 Å². The molecular formula is C13H22N4O2. The van der Waals surface area contributed by atoms with E-state index in [1.807, 2.05) is 18.4 Å². The predicted octanol–water partition coefficient (Wildman–Crippen LogP) is 0.524. The molecule has 6 nitrogen and oxygen atoms in total. The highest BCUT2D eigenvalue weighted by Crippen LogP contribution is 2.14. The third-order valence-corrected chi connectivity index (χ3v) is 3.81. The Hall–Kier alpha value is -1.56. The number of rotatable bonds is 4. The van der Waals surface area contributed by atoms with Gasteiger partial charge in [0.05, 0.1) is 12.0 Å². The molecule has 1 aromatic rings. The van der Waals surface area contributed by atoms with E-state index in [0.717, 1.165) is 30.9 Å². The lowest BCUT2D eigenvalue weighted by atomic mass is 10.1. The van der Waals surface area contributed by atoms with E-state index in [1.165, 1.54) is 0 Å². The molecule has 1 aliphatic rings. The second-order valence-corrected chi connectivity index (χ2v) is 5.12. The average molecular weight is 266 g/mol. The number of amides is 2. The minimum Gasteiger partial charge on any atom is -0.396 e. The fraction of sp³-hybridized carbons (Fsp3) is 0.692. The van der Waals surface area contributed by atoms with Gasteiger partial charge < -0.3 is 19.9 Å². The van der Waals surface area contributed by atoms with Gasteiger partial charge in [0, 0.05) is 44.4 Å². The molecule has 6 heteroatoms. The Balaban J connectivity index is 1.74. The van der Waals surface area contributed by atoms with Gasteiger partial charge in [0.25, 0.3) is 0 Å². The fourth-order valence-electron chi connectivity index (χ4n) is 2.33. The van der Waals surface area contributed by atoms with Crippen molar-refractivity contribution in [2.45, 2.75) is 26.8 Å². The number of hydrogen-bond acceptors (Lipinski definition) is 3. The van der Waals surface area contributed by atoms with Gasteiger partial charge in [-0.05, 0) is 20.3 Å². The van der Waals surface area contributed by atoms with Crippen molar-refractivity contribution in [2.75, 3.05) is 26.2 Å². The number of carbonyl (C=O) groups is 1. The van der Waals surface area contributed by atoms with Gasteiger partial charge in [-0.2, -0.15) is 0 Å². The van der Waals surface area contributed by atoms with Crippen molar-refractivity contribution in [3.63, 3.8) is 0 Å². The Morgan fingerprint density at radius 1 is 1.58 bits per heavy atom. The number of imidazole rings is 1. The molecule has 19 heavy (non-hydrogen) atoms. The molecule has 1 saturated heterocycles. The van der Waals surface area contributed by atoms with Crippen LogP contribution in [0.3, 0.4) is 0 Å². The normalized spacial score (nSPS) is 18.9. The summed E-state index contributed by atoms with van der Waals surface area (Å²) in [7, 11) is 0. The molecule has 1 fully saturated rings. The number of aliphatic hydroxyl groups excluding tert-OH is 1. The van der Waals surface area contributed by atoms with Crippen LogP contribution in [-0.2, 0) is 6.54 Å². The van der Waals surface area contributed by atoms with E-state index in [-0.39, 0.29) is 18.6 Å². The Kier molecular flexibility index (Phi) is 4.42. The second kappa shape index (κ2) is 6.06. The van der Waals surface area contributed by atoms with Crippen LogP contribution in [-0.4, -0.2) is 51.8 Å². The molecule has 0 bridgehead atoms.